The molecule has 0 spiro atoms. The Morgan fingerprint density at radius 1 is 0.810 bits per heavy atom. The summed E-state index contributed by atoms with van der Waals surface area (Å²) in [5.74, 6) is 0.959. The fraction of sp³-hybridized carbons (Fsp3) is 1.00. The SMILES string of the molecule is NC1(CCN2CCC(CN3CCCC3)CC2)CCCCC1. The van der Waals surface area contributed by atoms with Gasteiger partial charge in [0.2, 0.25) is 0 Å². The van der Waals surface area contributed by atoms with Crippen molar-refractivity contribution in [3.05, 3.63) is 0 Å². The standard InChI is InChI=1S/C18H35N3/c19-18(8-2-1-3-9-18)10-15-20-13-6-17(7-14-20)16-21-11-4-5-12-21/h17H,1-16,19H2. The number of nitrogens with zero attached hydrogens (tertiary/aromatic N) is 2. The van der Waals surface area contributed by atoms with E-state index in [1.54, 1.807) is 0 Å². The fourth-order valence-corrected chi connectivity index (χ4v) is 4.61. The van der Waals surface area contributed by atoms with E-state index in [1.807, 2.05) is 0 Å². The van der Waals surface area contributed by atoms with Crippen LogP contribution in [-0.2, 0) is 0 Å². The zero-order chi connectivity index (χ0) is 14.5. The largest absolute Gasteiger partial charge is 0.325 e. The minimum absolute atomic E-state index is 0.171. The van der Waals surface area contributed by atoms with Gasteiger partial charge in [0.05, 0.1) is 0 Å². The Morgan fingerprint density at radius 2 is 1.48 bits per heavy atom. The molecule has 3 rings (SSSR count). The maximum atomic E-state index is 6.58. The van der Waals surface area contributed by atoms with Crippen LogP contribution in [0.5, 0.6) is 0 Å². The predicted molar refractivity (Wildman–Crippen MR) is 89.5 cm³/mol. The quantitative estimate of drug-likeness (QED) is 0.846. The molecule has 122 valence electrons. The van der Waals surface area contributed by atoms with E-state index in [0.717, 1.165) is 5.92 Å². The van der Waals surface area contributed by atoms with Crippen molar-refractivity contribution in [3.8, 4) is 0 Å². The van der Waals surface area contributed by atoms with Crippen LogP contribution in [0.25, 0.3) is 0 Å². The number of hydrogen-bond acceptors (Lipinski definition) is 3. The van der Waals surface area contributed by atoms with Gasteiger partial charge < -0.3 is 15.5 Å². The van der Waals surface area contributed by atoms with Gasteiger partial charge in [0.15, 0.2) is 0 Å². The third-order valence-electron chi connectivity index (χ3n) is 6.20. The molecule has 1 saturated carbocycles. The molecule has 21 heavy (non-hydrogen) atoms. The topological polar surface area (TPSA) is 32.5 Å². The normalized spacial score (nSPS) is 29.0. The van der Waals surface area contributed by atoms with Crippen LogP contribution in [0.3, 0.4) is 0 Å². The highest BCUT2D eigenvalue weighted by molar-refractivity contribution is 4.88. The van der Waals surface area contributed by atoms with Crippen molar-refractivity contribution >= 4 is 0 Å². The van der Waals surface area contributed by atoms with Crippen LogP contribution >= 0.6 is 0 Å². The Kier molecular flexibility index (Phi) is 5.58. The van der Waals surface area contributed by atoms with Gasteiger partial charge >= 0.3 is 0 Å². The molecule has 0 unspecified atom stereocenters. The number of rotatable bonds is 5. The first-order valence-corrected chi connectivity index (χ1v) is 9.47. The fourth-order valence-electron chi connectivity index (χ4n) is 4.61. The summed E-state index contributed by atoms with van der Waals surface area (Å²) in [5, 5.41) is 0. The number of hydrogen-bond donors (Lipinski definition) is 1. The summed E-state index contributed by atoms with van der Waals surface area (Å²) in [6.45, 7) is 7.95. The summed E-state index contributed by atoms with van der Waals surface area (Å²) >= 11 is 0. The highest BCUT2D eigenvalue weighted by Crippen LogP contribution is 2.29. The Morgan fingerprint density at radius 3 is 2.14 bits per heavy atom. The second-order valence-electron chi connectivity index (χ2n) is 7.97. The molecule has 0 aromatic rings. The first kappa shape index (κ1) is 15.8. The molecule has 0 bridgehead atoms. The molecule has 2 N–H and O–H groups in total. The van der Waals surface area contributed by atoms with Crippen LogP contribution in [0.4, 0.5) is 0 Å². The van der Waals surface area contributed by atoms with E-state index in [0.29, 0.717) is 0 Å². The Bertz CT molecular complexity index is 298. The van der Waals surface area contributed by atoms with Crippen LogP contribution in [0.15, 0.2) is 0 Å². The maximum absolute atomic E-state index is 6.58. The van der Waals surface area contributed by atoms with Gasteiger partial charge in [0, 0.05) is 12.1 Å². The van der Waals surface area contributed by atoms with E-state index in [1.165, 1.54) is 103 Å². The number of nitrogens with two attached hydrogens (primary N) is 1. The van der Waals surface area contributed by atoms with Gasteiger partial charge in [-0.3, -0.25) is 0 Å². The molecule has 2 saturated heterocycles. The zero-order valence-corrected chi connectivity index (χ0v) is 13.9. The molecule has 3 heteroatoms. The molecule has 0 aromatic heterocycles. The summed E-state index contributed by atoms with van der Waals surface area (Å²) in [7, 11) is 0. The lowest BCUT2D eigenvalue weighted by Gasteiger charge is -2.38. The number of piperidine rings is 1. The Balaban J connectivity index is 1.33. The third kappa shape index (κ3) is 4.67. The van der Waals surface area contributed by atoms with E-state index in [2.05, 4.69) is 9.80 Å². The molecule has 3 nitrogen and oxygen atoms in total. The van der Waals surface area contributed by atoms with Gasteiger partial charge in [0.25, 0.3) is 0 Å². The molecular weight excluding hydrogens is 258 g/mol. The van der Waals surface area contributed by atoms with E-state index >= 15 is 0 Å². The summed E-state index contributed by atoms with van der Waals surface area (Å²) < 4.78 is 0. The molecule has 0 amide bonds. The Labute approximate surface area is 131 Å². The molecule has 0 aromatic carbocycles. The zero-order valence-electron chi connectivity index (χ0n) is 13.9. The highest BCUT2D eigenvalue weighted by Gasteiger charge is 2.29. The van der Waals surface area contributed by atoms with Crippen molar-refractivity contribution in [1.82, 2.24) is 9.80 Å². The molecular formula is C18H35N3. The summed E-state index contributed by atoms with van der Waals surface area (Å²) in [6.07, 6.45) is 13.5. The van der Waals surface area contributed by atoms with Gasteiger partial charge in [-0.05, 0) is 83.6 Å². The van der Waals surface area contributed by atoms with Crippen molar-refractivity contribution in [1.29, 1.82) is 0 Å². The predicted octanol–water partition coefficient (Wildman–Crippen LogP) is 2.85. The lowest BCUT2D eigenvalue weighted by atomic mass is 9.80. The van der Waals surface area contributed by atoms with Crippen LogP contribution in [0.1, 0.15) is 64.2 Å². The van der Waals surface area contributed by atoms with Crippen molar-refractivity contribution in [2.45, 2.75) is 69.7 Å². The minimum atomic E-state index is 0.171. The van der Waals surface area contributed by atoms with Gasteiger partial charge in [0.1, 0.15) is 0 Å². The highest BCUT2D eigenvalue weighted by atomic mass is 15.2. The minimum Gasteiger partial charge on any atom is -0.325 e. The van der Waals surface area contributed by atoms with Crippen molar-refractivity contribution < 1.29 is 0 Å². The monoisotopic (exact) mass is 293 g/mol. The van der Waals surface area contributed by atoms with Gasteiger partial charge in [-0.1, -0.05) is 19.3 Å². The second kappa shape index (κ2) is 7.43. The average molecular weight is 293 g/mol. The van der Waals surface area contributed by atoms with E-state index in [-0.39, 0.29) is 5.54 Å². The van der Waals surface area contributed by atoms with E-state index in [4.69, 9.17) is 5.73 Å². The van der Waals surface area contributed by atoms with Gasteiger partial charge in [-0.25, -0.2) is 0 Å². The van der Waals surface area contributed by atoms with E-state index < -0.39 is 0 Å². The smallest absolute Gasteiger partial charge is 0.0166 e. The average Bonchev–Trinajstić information content (AvgIpc) is 3.00. The molecule has 0 radical (unpaired) electrons. The van der Waals surface area contributed by atoms with Crippen LogP contribution < -0.4 is 5.73 Å². The molecule has 3 fully saturated rings. The summed E-state index contributed by atoms with van der Waals surface area (Å²) in [4.78, 5) is 5.38. The molecule has 0 atom stereocenters. The molecule has 2 aliphatic heterocycles. The lowest BCUT2D eigenvalue weighted by molar-refractivity contribution is 0.138. The van der Waals surface area contributed by atoms with Crippen molar-refractivity contribution in [3.63, 3.8) is 0 Å². The van der Waals surface area contributed by atoms with Crippen LogP contribution in [0.2, 0.25) is 0 Å². The molecule has 3 aliphatic rings. The van der Waals surface area contributed by atoms with Crippen molar-refractivity contribution in [2.75, 3.05) is 39.3 Å². The third-order valence-corrected chi connectivity index (χ3v) is 6.20. The molecule has 2 heterocycles. The first-order chi connectivity index (χ1) is 10.2. The first-order valence-electron chi connectivity index (χ1n) is 9.47. The van der Waals surface area contributed by atoms with E-state index in [9.17, 15) is 0 Å². The summed E-state index contributed by atoms with van der Waals surface area (Å²) in [5.41, 5.74) is 6.75. The second-order valence-corrected chi connectivity index (χ2v) is 7.97. The van der Waals surface area contributed by atoms with Crippen molar-refractivity contribution in [2.24, 2.45) is 11.7 Å². The Hall–Kier alpha value is -0.120. The van der Waals surface area contributed by atoms with Gasteiger partial charge in [-0.2, -0.15) is 0 Å². The molecule has 1 aliphatic carbocycles. The van der Waals surface area contributed by atoms with Crippen LogP contribution in [0, 0.1) is 5.92 Å². The summed E-state index contributed by atoms with van der Waals surface area (Å²) in [6, 6.07) is 0. The van der Waals surface area contributed by atoms with Gasteiger partial charge in [-0.15, -0.1) is 0 Å². The van der Waals surface area contributed by atoms with Crippen LogP contribution in [-0.4, -0.2) is 54.6 Å². The number of likely N-dealkylation sites (tertiary alicyclic amines) is 2. The lowest BCUT2D eigenvalue weighted by Crippen LogP contribution is -2.46. The maximum Gasteiger partial charge on any atom is 0.0166 e.